The Kier molecular flexibility index (Phi) is 3.38. The maximum absolute atomic E-state index is 11.5. The lowest BCUT2D eigenvalue weighted by atomic mass is 10.1. The number of carbonyl (C=O) groups is 1. The Bertz CT molecular complexity index is 463. The fraction of sp³-hybridized carbons (Fsp3) is 0.0833. The van der Waals surface area contributed by atoms with Crippen molar-refractivity contribution >= 4 is 11.6 Å². The number of hydrogen-bond donors (Lipinski definition) is 2. The summed E-state index contributed by atoms with van der Waals surface area (Å²) in [6.45, 7) is 0.189. The number of nitrogen functional groups attached to an aromatic ring is 1. The van der Waals surface area contributed by atoms with E-state index in [2.05, 4.69) is 17.2 Å². The molecule has 3 nitrogen and oxygen atoms in total. The molecule has 0 bridgehead atoms. The van der Waals surface area contributed by atoms with Crippen molar-refractivity contribution in [1.29, 1.82) is 0 Å². The molecule has 0 atom stereocenters. The highest BCUT2D eigenvalue weighted by Gasteiger charge is 2.05. The lowest BCUT2D eigenvalue weighted by molar-refractivity contribution is 0.0958. The third kappa shape index (κ3) is 2.52. The van der Waals surface area contributed by atoms with Crippen molar-refractivity contribution < 1.29 is 4.79 Å². The largest absolute Gasteiger partial charge is 0.398 e. The average molecular weight is 198 g/mol. The summed E-state index contributed by atoms with van der Waals surface area (Å²) in [4.78, 5) is 11.5. The summed E-state index contributed by atoms with van der Waals surface area (Å²) in [5, 5.41) is 2.53. The van der Waals surface area contributed by atoms with Crippen LogP contribution in [0.2, 0.25) is 0 Å². The van der Waals surface area contributed by atoms with Crippen LogP contribution in [0.3, 0.4) is 0 Å². The van der Waals surface area contributed by atoms with Gasteiger partial charge >= 0.3 is 0 Å². The van der Waals surface area contributed by atoms with Crippen molar-refractivity contribution in [3.05, 3.63) is 29.3 Å². The molecule has 1 rings (SSSR count). The van der Waals surface area contributed by atoms with Gasteiger partial charge in [-0.05, 0) is 18.2 Å². The lowest BCUT2D eigenvalue weighted by Gasteiger charge is -2.03. The zero-order valence-electron chi connectivity index (χ0n) is 8.08. The predicted octanol–water partition coefficient (Wildman–Crippen LogP) is 0.613. The number of hydrogen-bond acceptors (Lipinski definition) is 2. The molecular weight excluding hydrogens is 188 g/mol. The van der Waals surface area contributed by atoms with Crippen LogP contribution in [-0.2, 0) is 0 Å². The fourth-order valence-corrected chi connectivity index (χ4v) is 1.06. The second-order valence-electron chi connectivity index (χ2n) is 2.83. The van der Waals surface area contributed by atoms with Gasteiger partial charge in [-0.15, -0.1) is 12.8 Å². The van der Waals surface area contributed by atoms with Crippen LogP contribution >= 0.6 is 0 Å². The molecule has 0 unspecified atom stereocenters. The van der Waals surface area contributed by atoms with Gasteiger partial charge < -0.3 is 11.1 Å². The third-order valence-corrected chi connectivity index (χ3v) is 1.82. The van der Waals surface area contributed by atoms with Crippen LogP contribution in [0.25, 0.3) is 0 Å². The topological polar surface area (TPSA) is 55.1 Å². The minimum Gasteiger partial charge on any atom is -0.398 e. The van der Waals surface area contributed by atoms with Crippen LogP contribution in [0.5, 0.6) is 0 Å². The zero-order chi connectivity index (χ0) is 11.3. The highest BCUT2D eigenvalue weighted by Crippen LogP contribution is 2.12. The van der Waals surface area contributed by atoms with Crippen molar-refractivity contribution in [3.63, 3.8) is 0 Å². The summed E-state index contributed by atoms with van der Waals surface area (Å²) < 4.78 is 0. The molecule has 0 aromatic heterocycles. The van der Waals surface area contributed by atoms with Crippen molar-refractivity contribution in [3.8, 4) is 24.7 Å². The molecule has 1 aromatic rings. The number of nitrogens with two attached hydrogens (primary N) is 1. The maximum Gasteiger partial charge on any atom is 0.252 e. The summed E-state index contributed by atoms with van der Waals surface area (Å²) in [7, 11) is 0. The first-order valence-electron chi connectivity index (χ1n) is 4.27. The van der Waals surface area contributed by atoms with Gasteiger partial charge in [-0.2, -0.15) is 0 Å². The first kappa shape index (κ1) is 10.7. The van der Waals surface area contributed by atoms with Crippen LogP contribution in [0.15, 0.2) is 18.2 Å². The highest BCUT2D eigenvalue weighted by molar-refractivity contribution is 5.95. The van der Waals surface area contributed by atoms with Crippen LogP contribution < -0.4 is 11.1 Å². The first-order valence-corrected chi connectivity index (χ1v) is 4.27. The normalized spacial score (nSPS) is 8.67. The lowest BCUT2D eigenvalue weighted by Crippen LogP contribution is -2.23. The Morgan fingerprint density at radius 1 is 1.47 bits per heavy atom. The van der Waals surface area contributed by atoms with E-state index in [4.69, 9.17) is 18.6 Å². The molecule has 0 spiro atoms. The van der Waals surface area contributed by atoms with E-state index in [1.165, 1.54) is 0 Å². The highest BCUT2D eigenvalue weighted by atomic mass is 16.1. The average Bonchev–Trinajstić information content (AvgIpc) is 2.26. The van der Waals surface area contributed by atoms with Crippen LogP contribution in [0, 0.1) is 24.7 Å². The Balaban J connectivity index is 2.93. The van der Waals surface area contributed by atoms with Crippen LogP contribution in [0.1, 0.15) is 15.9 Å². The van der Waals surface area contributed by atoms with Gasteiger partial charge in [0.2, 0.25) is 0 Å². The Morgan fingerprint density at radius 3 is 2.80 bits per heavy atom. The third-order valence-electron chi connectivity index (χ3n) is 1.82. The molecule has 0 heterocycles. The Hall–Kier alpha value is -2.39. The van der Waals surface area contributed by atoms with Crippen molar-refractivity contribution in [2.45, 2.75) is 0 Å². The van der Waals surface area contributed by atoms with E-state index in [1.807, 2.05) is 0 Å². The minimum absolute atomic E-state index is 0.189. The van der Waals surface area contributed by atoms with E-state index in [-0.39, 0.29) is 12.5 Å². The second kappa shape index (κ2) is 4.74. The fourth-order valence-electron chi connectivity index (χ4n) is 1.06. The molecule has 3 heteroatoms. The summed E-state index contributed by atoms with van der Waals surface area (Å²) in [5.74, 6) is 4.45. The number of rotatable bonds is 2. The molecule has 0 aliphatic rings. The van der Waals surface area contributed by atoms with Gasteiger partial charge in [-0.3, -0.25) is 4.79 Å². The predicted molar refractivity (Wildman–Crippen MR) is 60.0 cm³/mol. The molecule has 0 aliphatic heterocycles. The molecule has 0 radical (unpaired) electrons. The van der Waals surface area contributed by atoms with E-state index < -0.39 is 0 Å². The van der Waals surface area contributed by atoms with E-state index in [0.717, 1.165) is 0 Å². The van der Waals surface area contributed by atoms with Crippen molar-refractivity contribution in [2.24, 2.45) is 0 Å². The minimum atomic E-state index is -0.260. The van der Waals surface area contributed by atoms with E-state index in [1.54, 1.807) is 18.2 Å². The molecule has 15 heavy (non-hydrogen) atoms. The van der Waals surface area contributed by atoms with Gasteiger partial charge in [-0.1, -0.05) is 11.8 Å². The van der Waals surface area contributed by atoms with E-state index >= 15 is 0 Å². The molecule has 1 amide bonds. The second-order valence-corrected chi connectivity index (χ2v) is 2.83. The van der Waals surface area contributed by atoms with E-state index in [0.29, 0.717) is 16.8 Å². The summed E-state index contributed by atoms with van der Waals surface area (Å²) >= 11 is 0. The van der Waals surface area contributed by atoms with E-state index in [9.17, 15) is 4.79 Å². The number of nitrogens with one attached hydrogen (secondary N) is 1. The number of terminal acetylenes is 2. The number of benzene rings is 1. The van der Waals surface area contributed by atoms with Crippen molar-refractivity contribution in [2.75, 3.05) is 12.3 Å². The molecule has 0 saturated heterocycles. The van der Waals surface area contributed by atoms with Gasteiger partial charge in [0.1, 0.15) is 0 Å². The molecule has 1 aromatic carbocycles. The summed E-state index contributed by atoms with van der Waals surface area (Å²) in [6.07, 6.45) is 10.2. The number of carbonyl (C=O) groups excluding carboxylic acids is 1. The molecule has 0 aliphatic carbocycles. The Labute approximate surface area is 88.7 Å². The molecule has 3 N–H and O–H groups in total. The quantitative estimate of drug-likeness (QED) is 0.540. The SMILES string of the molecule is C#CCNC(=O)c1ccc(N)c(C#C)c1. The zero-order valence-corrected chi connectivity index (χ0v) is 8.08. The Morgan fingerprint density at radius 2 is 2.20 bits per heavy atom. The molecule has 0 saturated carbocycles. The van der Waals surface area contributed by atoms with Gasteiger partial charge in [0.15, 0.2) is 0 Å². The van der Waals surface area contributed by atoms with Gasteiger partial charge in [-0.25, -0.2) is 0 Å². The van der Waals surface area contributed by atoms with Crippen LogP contribution in [-0.4, -0.2) is 12.5 Å². The number of amides is 1. The summed E-state index contributed by atoms with van der Waals surface area (Å²) in [5.41, 5.74) is 7.03. The maximum atomic E-state index is 11.5. The molecule has 74 valence electrons. The van der Waals surface area contributed by atoms with Gasteiger partial charge in [0.25, 0.3) is 5.91 Å². The van der Waals surface area contributed by atoms with Gasteiger partial charge in [0.05, 0.1) is 6.54 Å². The summed E-state index contributed by atoms with van der Waals surface area (Å²) in [6, 6.07) is 4.75. The molecule has 0 fully saturated rings. The first-order chi connectivity index (χ1) is 7.19. The standard InChI is InChI=1S/C12H10N2O/c1-3-7-14-12(15)10-5-6-11(13)9(4-2)8-10/h1-2,5-6,8H,7,13H2,(H,14,15). The smallest absolute Gasteiger partial charge is 0.252 e. The number of anilines is 1. The van der Waals surface area contributed by atoms with Crippen molar-refractivity contribution in [1.82, 2.24) is 5.32 Å². The van der Waals surface area contributed by atoms with Gasteiger partial charge in [0, 0.05) is 16.8 Å². The monoisotopic (exact) mass is 198 g/mol. The van der Waals surface area contributed by atoms with Crippen LogP contribution in [0.4, 0.5) is 5.69 Å². The molecular formula is C12H10N2O.